The normalized spacial score (nSPS) is 18.6. The second kappa shape index (κ2) is 5.75. The van der Waals surface area contributed by atoms with Crippen molar-refractivity contribution in [1.29, 1.82) is 0 Å². The molecule has 2 aromatic rings. The van der Waals surface area contributed by atoms with Crippen LogP contribution >= 0.6 is 0 Å². The molecule has 0 atom stereocenters. The Morgan fingerprint density at radius 1 is 1.10 bits per heavy atom. The quantitative estimate of drug-likeness (QED) is 0.872. The van der Waals surface area contributed by atoms with Gasteiger partial charge < -0.3 is 10.5 Å². The summed E-state index contributed by atoms with van der Waals surface area (Å²) in [5, 5.41) is 9.11. The molecule has 1 fully saturated rings. The molecule has 2 N–H and O–H groups in total. The van der Waals surface area contributed by atoms with Crippen LogP contribution in [0.5, 0.6) is 5.75 Å². The van der Waals surface area contributed by atoms with E-state index in [1.165, 1.54) is 25.7 Å². The zero-order chi connectivity index (χ0) is 13.8. The summed E-state index contributed by atoms with van der Waals surface area (Å²) in [4.78, 5) is 0. The molecule has 0 aliphatic heterocycles. The summed E-state index contributed by atoms with van der Waals surface area (Å²) in [5.41, 5.74) is 7.15. The number of hydrogen-bond donors (Lipinski definition) is 1. The molecular weight excluding hydrogens is 250 g/mol. The van der Waals surface area contributed by atoms with Gasteiger partial charge in [0.1, 0.15) is 12.4 Å². The maximum absolute atomic E-state index is 6.49. The topological polar surface area (TPSA) is 61.0 Å². The van der Waals surface area contributed by atoms with Crippen LogP contribution in [0.25, 0.3) is 10.9 Å². The van der Waals surface area contributed by atoms with Gasteiger partial charge in [-0.1, -0.05) is 37.8 Å². The van der Waals surface area contributed by atoms with Crippen molar-refractivity contribution in [3.8, 4) is 5.75 Å². The highest BCUT2D eigenvalue weighted by molar-refractivity contribution is 5.83. The van der Waals surface area contributed by atoms with Gasteiger partial charge in [-0.3, -0.25) is 0 Å². The Bertz CT molecular complexity index is 571. The van der Waals surface area contributed by atoms with E-state index >= 15 is 0 Å². The smallest absolute Gasteiger partial charge is 0.148 e. The molecule has 1 saturated carbocycles. The fourth-order valence-corrected chi connectivity index (χ4v) is 2.90. The molecule has 0 amide bonds. The van der Waals surface area contributed by atoms with Gasteiger partial charge in [-0.2, -0.15) is 10.2 Å². The van der Waals surface area contributed by atoms with Gasteiger partial charge in [-0.25, -0.2) is 0 Å². The van der Waals surface area contributed by atoms with Crippen molar-refractivity contribution in [3.63, 3.8) is 0 Å². The van der Waals surface area contributed by atoms with Crippen molar-refractivity contribution in [1.82, 2.24) is 10.2 Å². The van der Waals surface area contributed by atoms with E-state index in [-0.39, 0.29) is 5.54 Å². The average molecular weight is 271 g/mol. The van der Waals surface area contributed by atoms with E-state index in [1.807, 2.05) is 24.3 Å². The lowest BCUT2D eigenvalue weighted by Crippen LogP contribution is -2.45. The predicted octanol–water partition coefficient (Wildman–Crippen LogP) is 3.06. The Morgan fingerprint density at radius 3 is 2.65 bits per heavy atom. The zero-order valence-electron chi connectivity index (χ0n) is 11.7. The van der Waals surface area contributed by atoms with Gasteiger partial charge in [0.05, 0.1) is 17.3 Å². The Kier molecular flexibility index (Phi) is 3.83. The van der Waals surface area contributed by atoms with Crippen molar-refractivity contribution in [2.75, 3.05) is 6.61 Å². The molecule has 4 nitrogen and oxygen atoms in total. The number of hydrogen-bond acceptors (Lipinski definition) is 4. The first-order chi connectivity index (χ1) is 9.77. The van der Waals surface area contributed by atoms with Crippen LogP contribution in [0.3, 0.4) is 0 Å². The minimum Gasteiger partial charge on any atom is -0.489 e. The Morgan fingerprint density at radius 2 is 1.85 bits per heavy atom. The lowest BCUT2D eigenvalue weighted by atomic mass is 9.92. The van der Waals surface area contributed by atoms with E-state index in [0.29, 0.717) is 6.61 Å². The van der Waals surface area contributed by atoms with Crippen LogP contribution in [-0.4, -0.2) is 22.3 Å². The van der Waals surface area contributed by atoms with E-state index in [0.717, 1.165) is 29.5 Å². The molecule has 0 bridgehead atoms. The summed E-state index contributed by atoms with van der Waals surface area (Å²) >= 11 is 0. The van der Waals surface area contributed by atoms with Gasteiger partial charge in [-0.05, 0) is 25.0 Å². The minimum atomic E-state index is -0.194. The van der Waals surface area contributed by atoms with Crippen molar-refractivity contribution in [2.45, 2.75) is 44.1 Å². The molecule has 0 spiro atoms. The monoisotopic (exact) mass is 271 g/mol. The fraction of sp³-hybridized carbons (Fsp3) is 0.500. The molecule has 1 heterocycles. The van der Waals surface area contributed by atoms with E-state index in [4.69, 9.17) is 10.5 Å². The molecular formula is C16H21N3O. The number of aromatic nitrogens is 2. The predicted molar refractivity (Wildman–Crippen MR) is 79.7 cm³/mol. The fourth-order valence-electron chi connectivity index (χ4n) is 2.90. The number of fused-ring (bicyclic) bond motifs is 1. The van der Waals surface area contributed by atoms with E-state index < -0.39 is 0 Å². The number of rotatable bonds is 3. The average Bonchev–Trinajstić information content (AvgIpc) is 2.70. The molecule has 0 unspecified atom stereocenters. The third kappa shape index (κ3) is 2.90. The van der Waals surface area contributed by atoms with Crippen molar-refractivity contribution in [3.05, 3.63) is 30.5 Å². The Hall–Kier alpha value is -1.68. The summed E-state index contributed by atoms with van der Waals surface area (Å²) in [5.74, 6) is 0.782. The van der Waals surface area contributed by atoms with Gasteiger partial charge in [0.25, 0.3) is 0 Å². The van der Waals surface area contributed by atoms with E-state index in [9.17, 15) is 0 Å². The molecule has 106 valence electrons. The number of nitrogens with zero attached hydrogens (tertiary/aromatic N) is 2. The van der Waals surface area contributed by atoms with Crippen LogP contribution in [0.4, 0.5) is 0 Å². The van der Waals surface area contributed by atoms with E-state index in [2.05, 4.69) is 10.2 Å². The van der Waals surface area contributed by atoms with Crippen LogP contribution in [-0.2, 0) is 0 Å². The van der Waals surface area contributed by atoms with Crippen molar-refractivity contribution in [2.24, 2.45) is 5.73 Å². The lowest BCUT2D eigenvalue weighted by Gasteiger charge is -2.28. The van der Waals surface area contributed by atoms with Crippen LogP contribution in [0, 0.1) is 0 Å². The molecule has 1 aromatic carbocycles. The second-order valence-electron chi connectivity index (χ2n) is 5.79. The van der Waals surface area contributed by atoms with Gasteiger partial charge in [-0.15, -0.1) is 0 Å². The molecule has 1 aromatic heterocycles. The molecule has 4 heteroatoms. The minimum absolute atomic E-state index is 0.194. The molecule has 3 rings (SSSR count). The summed E-state index contributed by atoms with van der Waals surface area (Å²) in [6.45, 7) is 0.558. The van der Waals surface area contributed by atoms with Crippen LogP contribution in [0.1, 0.15) is 38.5 Å². The highest BCUT2D eigenvalue weighted by Crippen LogP contribution is 2.28. The first-order valence-corrected chi connectivity index (χ1v) is 7.39. The number of benzene rings is 1. The molecule has 0 saturated heterocycles. The van der Waals surface area contributed by atoms with Crippen molar-refractivity contribution >= 4 is 10.9 Å². The van der Waals surface area contributed by atoms with Crippen LogP contribution in [0.15, 0.2) is 30.5 Å². The second-order valence-corrected chi connectivity index (χ2v) is 5.79. The maximum atomic E-state index is 6.49. The lowest BCUT2D eigenvalue weighted by molar-refractivity contribution is 0.201. The third-order valence-electron chi connectivity index (χ3n) is 4.12. The number of ether oxygens (including phenoxy) is 1. The first-order valence-electron chi connectivity index (χ1n) is 7.39. The highest BCUT2D eigenvalue weighted by Gasteiger charge is 2.27. The number of nitrogens with two attached hydrogens (primary N) is 1. The van der Waals surface area contributed by atoms with Gasteiger partial charge >= 0.3 is 0 Å². The molecule has 0 radical (unpaired) electrons. The largest absolute Gasteiger partial charge is 0.489 e. The molecule has 1 aliphatic carbocycles. The maximum Gasteiger partial charge on any atom is 0.148 e. The summed E-state index contributed by atoms with van der Waals surface area (Å²) in [6.07, 6.45) is 8.76. The SMILES string of the molecule is NC1(COc2cnnc3ccccc23)CCCCCC1. The molecule has 1 aliphatic rings. The van der Waals surface area contributed by atoms with Gasteiger partial charge in [0.15, 0.2) is 0 Å². The third-order valence-corrected chi connectivity index (χ3v) is 4.12. The van der Waals surface area contributed by atoms with Gasteiger partial charge in [0.2, 0.25) is 0 Å². The van der Waals surface area contributed by atoms with E-state index in [1.54, 1.807) is 6.20 Å². The summed E-state index contributed by atoms with van der Waals surface area (Å²) in [6, 6.07) is 7.89. The van der Waals surface area contributed by atoms with Crippen LogP contribution in [0.2, 0.25) is 0 Å². The highest BCUT2D eigenvalue weighted by atomic mass is 16.5. The Balaban J connectivity index is 1.76. The zero-order valence-corrected chi connectivity index (χ0v) is 11.7. The standard InChI is InChI=1S/C16H21N3O/c17-16(9-5-1-2-6-10-16)12-20-15-11-18-19-14-8-4-3-7-13(14)15/h3-4,7-8,11H,1-2,5-6,9-10,12,17H2. The van der Waals surface area contributed by atoms with Gasteiger partial charge in [0, 0.05) is 5.39 Å². The Labute approximate surface area is 119 Å². The summed E-state index contributed by atoms with van der Waals surface area (Å²) < 4.78 is 5.99. The first kappa shape index (κ1) is 13.3. The van der Waals surface area contributed by atoms with Crippen molar-refractivity contribution < 1.29 is 4.74 Å². The van der Waals surface area contributed by atoms with Crippen LogP contribution < -0.4 is 10.5 Å². The summed E-state index contributed by atoms with van der Waals surface area (Å²) in [7, 11) is 0. The molecule has 20 heavy (non-hydrogen) atoms.